The van der Waals surface area contributed by atoms with E-state index in [4.69, 9.17) is 20.4 Å². The van der Waals surface area contributed by atoms with Gasteiger partial charge in [0.05, 0.1) is 0 Å². The predicted molar refractivity (Wildman–Crippen MR) is 33.0 cm³/mol. The zero-order valence-corrected chi connectivity index (χ0v) is 9.83. The largest absolute Gasteiger partial charge is 0.479 e. The molecule has 2 atom stereocenters. The molecule has 61 valence electrons. The molecular weight excluding hydrogens is 348 g/mol. The van der Waals surface area contributed by atoms with Gasteiger partial charge in [0, 0.05) is 27.3 Å². The first kappa shape index (κ1) is 13.4. The Morgan fingerprint density at radius 1 is 0.909 bits per heavy atom. The summed E-state index contributed by atoms with van der Waals surface area (Å²) in [6.07, 6.45) is -4.53. The van der Waals surface area contributed by atoms with E-state index in [-0.39, 0.29) is 27.3 Å². The average Bonchev–Trinajstić information content (AvgIpc) is 1.84. The van der Waals surface area contributed by atoms with Crippen molar-refractivity contribution in [1.29, 1.82) is 0 Å². The van der Waals surface area contributed by atoms with E-state index < -0.39 is 24.1 Å². The van der Waals surface area contributed by atoms with E-state index in [0.29, 0.717) is 0 Å². The SMILES string of the molecule is O=C(O)C(O)C(O)C(=O)O.[Tl]. The Hall–Kier alpha value is -0.218. The molecule has 0 aliphatic carbocycles. The van der Waals surface area contributed by atoms with Gasteiger partial charge in [-0.05, 0) is 0 Å². The molecule has 0 aromatic heterocycles. The fraction of sp³-hybridized carbons (Fsp3) is 0.500. The molecule has 0 saturated heterocycles. The number of hydrogen-bond donors (Lipinski definition) is 4. The Labute approximate surface area is 81.6 Å². The molecule has 0 fully saturated rings. The van der Waals surface area contributed by atoms with Crippen molar-refractivity contribution >= 4 is 39.2 Å². The molecule has 7 heteroatoms. The van der Waals surface area contributed by atoms with E-state index in [1.807, 2.05) is 0 Å². The van der Waals surface area contributed by atoms with Crippen LogP contribution in [0.3, 0.4) is 0 Å². The molecule has 0 bridgehead atoms. The van der Waals surface area contributed by atoms with Crippen LogP contribution in [-0.2, 0) is 9.59 Å². The van der Waals surface area contributed by atoms with Crippen LogP contribution in [0.5, 0.6) is 0 Å². The van der Waals surface area contributed by atoms with Gasteiger partial charge in [0.25, 0.3) is 0 Å². The number of rotatable bonds is 3. The second kappa shape index (κ2) is 5.43. The molecule has 4 N–H and O–H groups in total. The minimum absolute atomic E-state index is 0. The average molecular weight is 354 g/mol. The standard InChI is InChI=1S/C4H6O6.Tl/c5-1(3(7)8)2(6)4(9)10;/h1-2,5-6H,(H,7,8)(H,9,10);. The number of aliphatic hydroxyl groups excluding tert-OH is 2. The number of carbonyl (C=O) groups is 2. The number of carboxylic acids is 2. The summed E-state index contributed by atoms with van der Waals surface area (Å²) in [5, 5.41) is 32.5. The van der Waals surface area contributed by atoms with Crippen molar-refractivity contribution < 1.29 is 30.0 Å². The molecule has 0 aromatic rings. The van der Waals surface area contributed by atoms with Gasteiger partial charge in [-0.3, -0.25) is 0 Å². The van der Waals surface area contributed by atoms with Crippen molar-refractivity contribution in [2.24, 2.45) is 0 Å². The molecule has 0 aromatic carbocycles. The second-order valence-electron chi connectivity index (χ2n) is 1.57. The smallest absolute Gasteiger partial charge is 0.335 e. The first-order valence-corrected chi connectivity index (χ1v) is 2.28. The van der Waals surface area contributed by atoms with Crippen LogP contribution >= 0.6 is 0 Å². The van der Waals surface area contributed by atoms with Gasteiger partial charge in [0.15, 0.2) is 12.2 Å². The fourth-order valence-corrected chi connectivity index (χ4v) is 0.270. The summed E-state index contributed by atoms with van der Waals surface area (Å²) < 4.78 is 0. The van der Waals surface area contributed by atoms with E-state index in [9.17, 15) is 9.59 Å². The minimum atomic E-state index is -2.27. The fourth-order valence-electron chi connectivity index (χ4n) is 0.270. The van der Waals surface area contributed by atoms with Gasteiger partial charge in [-0.1, -0.05) is 0 Å². The number of carboxylic acid groups (broad SMARTS) is 2. The van der Waals surface area contributed by atoms with Gasteiger partial charge < -0.3 is 20.4 Å². The molecule has 0 saturated carbocycles. The van der Waals surface area contributed by atoms with Crippen molar-refractivity contribution in [3.63, 3.8) is 0 Å². The Kier molecular flexibility index (Phi) is 6.61. The molecule has 2 unspecified atom stereocenters. The molecule has 11 heavy (non-hydrogen) atoms. The molecule has 0 aliphatic rings. The van der Waals surface area contributed by atoms with E-state index in [1.54, 1.807) is 0 Å². The summed E-state index contributed by atoms with van der Waals surface area (Å²) in [6, 6.07) is 0. The predicted octanol–water partition coefficient (Wildman–Crippen LogP) is -2.50. The maximum atomic E-state index is 9.77. The maximum Gasteiger partial charge on any atom is 0.335 e. The summed E-state index contributed by atoms with van der Waals surface area (Å²) in [4.78, 5) is 19.5. The number of aliphatic carboxylic acids is 2. The van der Waals surface area contributed by atoms with Crippen LogP contribution in [0.2, 0.25) is 0 Å². The Morgan fingerprint density at radius 2 is 1.09 bits per heavy atom. The third kappa shape index (κ3) is 4.27. The van der Waals surface area contributed by atoms with Crippen molar-refractivity contribution in [2.45, 2.75) is 12.2 Å². The van der Waals surface area contributed by atoms with Gasteiger partial charge in [0.1, 0.15) is 0 Å². The molecule has 1 radical (unpaired) electrons. The Bertz CT molecular complexity index is 139. The van der Waals surface area contributed by atoms with Crippen LogP contribution in [0.25, 0.3) is 0 Å². The normalized spacial score (nSPS) is 14.4. The summed E-state index contributed by atoms with van der Waals surface area (Å²) >= 11 is 0. The molecule has 0 amide bonds. The van der Waals surface area contributed by atoms with Gasteiger partial charge in [-0.2, -0.15) is 0 Å². The van der Waals surface area contributed by atoms with E-state index in [2.05, 4.69) is 0 Å². The van der Waals surface area contributed by atoms with Crippen LogP contribution in [0, 0.1) is 0 Å². The van der Waals surface area contributed by atoms with Crippen LogP contribution < -0.4 is 0 Å². The van der Waals surface area contributed by atoms with Gasteiger partial charge in [0.2, 0.25) is 0 Å². The van der Waals surface area contributed by atoms with E-state index >= 15 is 0 Å². The van der Waals surface area contributed by atoms with Crippen molar-refractivity contribution in [2.75, 3.05) is 0 Å². The summed E-state index contributed by atoms with van der Waals surface area (Å²) in [7, 11) is 0. The zero-order valence-electron chi connectivity index (χ0n) is 5.34. The van der Waals surface area contributed by atoms with Crippen molar-refractivity contribution in [1.82, 2.24) is 0 Å². The number of hydrogen-bond acceptors (Lipinski definition) is 4. The minimum Gasteiger partial charge on any atom is -0.479 e. The monoisotopic (exact) mass is 355 g/mol. The van der Waals surface area contributed by atoms with Crippen molar-refractivity contribution in [3.05, 3.63) is 0 Å². The van der Waals surface area contributed by atoms with Gasteiger partial charge in [-0.15, -0.1) is 0 Å². The third-order valence-electron chi connectivity index (χ3n) is 0.805. The van der Waals surface area contributed by atoms with Crippen LogP contribution in [0.4, 0.5) is 0 Å². The summed E-state index contributed by atoms with van der Waals surface area (Å²) in [6.45, 7) is 0. The maximum absolute atomic E-state index is 9.77. The quantitative estimate of drug-likeness (QED) is 0.417. The molecule has 6 nitrogen and oxygen atoms in total. The third-order valence-corrected chi connectivity index (χ3v) is 0.805. The number of aliphatic hydroxyl groups is 2. The second-order valence-corrected chi connectivity index (χ2v) is 1.57. The molecule has 0 aliphatic heterocycles. The first-order valence-electron chi connectivity index (χ1n) is 2.28. The zero-order chi connectivity index (χ0) is 8.31. The summed E-state index contributed by atoms with van der Waals surface area (Å²) in [5.74, 6) is -3.54. The van der Waals surface area contributed by atoms with E-state index in [1.165, 1.54) is 0 Å². The van der Waals surface area contributed by atoms with Gasteiger partial charge in [-0.25, -0.2) is 9.59 Å². The topological polar surface area (TPSA) is 115 Å². The first-order chi connectivity index (χ1) is 4.46. The summed E-state index contributed by atoms with van der Waals surface area (Å²) in [5.41, 5.74) is 0. The molecule has 0 spiro atoms. The van der Waals surface area contributed by atoms with Crippen LogP contribution in [0.15, 0.2) is 0 Å². The molecular formula is C4H6O6Tl. The van der Waals surface area contributed by atoms with Crippen molar-refractivity contribution in [3.8, 4) is 0 Å². The van der Waals surface area contributed by atoms with Crippen LogP contribution in [-0.4, -0.2) is 71.9 Å². The Morgan fingerprint density at radius 3 is 1.18 bits per heavy atom. The molecule has 0 heterocycles. The van der Waals surface area contributed by atoms with Gasteiger partial charge >= 0.3 is 11.9 Å². The molecule has 0 rings (SSSR count). The Balaban J connectivity index is 0. The van der Waals surface area contributed by atoms with Crippen LogP contribution in [0.1, 0.15) is 0 Å². The van der Waals surface area contributed by atoms with E-state index in [0.717, 1.165) is 0 Å².